The first-order valence-electron chi connectivity index (χ1n) is 3.80. The summed E-state index contributed by atoms with van der Waals surface area (Å²) in [5, 5.41) is 8.59. The number of likely N-dealkylation sites (N-methyl/N-ethyl adjacent to an activating group) is 1. The van der Waals surface area contributed by atoms with E-state index in [1.165, 1.54) is 0 Å². The number of aliphatic hydroxyl groups is 1. The Morgan fingerprint density at radius 2 is 2.27 bits per heavy atom. The molecule has 0 rings (SSSR count). The van der Waals surface area contributed by atoms with Crippen molar-refractivity contribution >= 4 is 0 Å². The largest absolute Gasteiger partial charge is 0.395 e. The molecule has 0 heterocycles. The zero-order valence-electron chi connectivity index (χ0n) is 7.38. The molecule has 0 spiro atoms. The molecule has 0 aromatic rings. The SMILES string of the molecule is C=C(/C=C\C)CN(C)CCO. The second-order valence-corrected chi connectivity index (χ2v) is 2.62. The molecular formula is C9H17NO. The second-order valence-electron chi connectivity index (χ2n) is 2.62. The maximum atomic E-state index is 8.59. The Morgan fingerprint density at radius 1 is 1.64 bits per heavy atom. The molecule has 0 radical (unpaired) electrons. The summed E-state index contributed by atoms with van der Waals surface area (Å²) < 4.78 is 0. The molecular weight excluding hydrogens is 138 g/mol. The van der Waals surface area contributed by atoms with Gasteiger partial charge in [0.05, 0.1) is 6.61 Å². The molecule has 0 aromatic carbocycles. The van der Waals surface area contributed by atoms with Gasteiger partial charge in [-0.15, -0.1) is 0 Å². The van der Waals surface area contributed by atoms with Gasteiger partial charge in [-0.3, -0.25) is 4.90 Å². The van der Waals surface area contributed by atoms with Crippen LogP contribution in [0.3, 0.4) is 0 Å². The first-order chi connectivity index (χ1) is 5.20. The van der Waals surface area contributed by atoms with Crippen LogP contribution in [0.4, 0.5) is 0 Å². The van der Waals surface area contributed by atoms with E-state index in [0.717, 1.165) is 12.1 Å². The number of hydrogen-bond acceptors (Lipinski definition) is 2. The molecule has 0 saturated heterocycles. The standard InChI is InChI=1S/C9H17NO/c1-4-5-9(2)8-10(3)6-7-11/h4-5,11H,2,6-8H2,1,3H3/b5-4-. The molecule has 2 heteroatoms. The number of allylic oxidation sites excluding steroid dienone is 1. The Hall–Kier alpha value is -0.600. The molecule has 0 aliphatic rings. The van der Waals surface area contributed by atoms with Crippen LogP contribution in [0.25, 0.3) is 0 Å². The fourth-order valence-corrected chi connectivity index (χ4v) is 0.885. The summed E-state index contributed by atoms with van der Waals surface area (Å²) in [4.78, 5) is 2.03. The fraction of sp³-hybridized carbons (Fsp3) is 0.556. The molecule has 0 aromatic heterocycles. The van der Waals surface area contributed by atoms with Crippen molar-refractivity contribution in [1.29, 1.82) is 0 Å². The molecule has 11 heavy (non-hydrogen) atoms. The predicted octanol–water partition coefficient (Wildman–Crippen LogP) is 1.04. The van der Waals surface area contributed by atoms with Crippen LogP contribution in [0.2, 0.25) is 0 Å². The topological polar surface area (TPSA) is 23.5 Å². The molecule has 0 saturated carbocycles. The van der Waals surface area contributed by atoms with Gasteiger partial charge in [0.25, 0.3) is 0 Å². The third-order valence-electron chi connectivity index (χ3n) is 1.36. The lowest BCUT2D eigenvalue weighted by molar-refractivity contribution is 0.231. The maximum Gasteiger partial charge on any atom is 0.0558 e. The highest BCUT2D eigenvalue weighted by Crippen LogP contribution is 1.95. The van der Waals surface area contributed by atoms with Gasteiger partial charge >= 0.3 is 0 Å². The van der Waals surface area contributed by atoms with Gasteiger partial charge in [-0.05, 0) is 19.5 Å². The number of nitrogens with zero attached hydrogens (tertiary/aromatic N) is 1. The van der Waals surface area contributed by atoms with Crippen molar-refractivity contribution in [1.82, 2.24) is 4.90 Å². The van der Waals surface area contributed by atoms with Crippen LogP contribution in [0, 0.1) is 0 Å². The number of aliphatic hydroxyl groups excluding tert-OH is 1. The Labute approximate surface area is 68.8 Å². The zero-order chi connectivity index (χ0) is 8.69. The number of hydrogen-bond donors (Lipinski definition) is 1. The predicted molar refractivity (Wildman–Crippen MR) is 48.5 cm³/mol. The average Bonchev–Trinajstić information content (AvgIpc) is 1.87. The van der Waals surface area contributed by atoms with E-state index < -0.39 is 0 Å². The first kappa shape index (κ1) is 10.4. The van der Waals surface area contributed by atoms with Crippen molar-refractivity contribution in [2.24, 2.45) is 0 Å². The average molecular weight is 155 g/mol. The molecule has 0 bridgehead atoms. The monoisotopic (exact) mass is 155 g/mol. The van der Waals surface area contributed by atoms with E-state index in [2.05, 4.69) is 6.58 Å². The Bertz CT molecular complexity index is 140. The molecule has 0 unspecified atom stereocenters. The fourth-order valence-electron chi connectivity index (χ4n) is 0.885. The third-order valence-corrected chi connectivity index (χ3v) is 1.36. The summed E-state index contributed by atoms with van der Waals surface area (Å²) in [5.74, 6) is 0. The summed E-state index contributed by atoms with van der Waals surface area (Å²) in [6.07, 6.45) is 3.95. The van der Waals surface area contributed by atoms with Gasteiger partial charge in [-0.25, -0.2) is 0 Å². The van der Waals surface area contributed by atoms with Crippen LogP contribution in [0.5, 0.6) is 0 Å². The molecule has 0 aliphatic carbocycles. The van der Waals surface area contributed by atoms with Gasteiger partial charge in [-0.1, -0.05) is 18.7 Å². The summed E-state index contributed by atoms with van der Waals surface area (Å²) in [6.45, 7) is 7.56. The quantitative estimate of drug-likeness (QED) is 0.600. The lowest BCUT2D eigenvalue weighted by atomic mass is 10.2. The molecule has 64 valence electrons. The smallest absolute Gasteiger partial charge is 0.0558 e. The zero-order valence-corrected chi connectivity index (χ0v) is 7.38. The normalized spacial score (nSPS) is 11.3. The highest BCUT2D eigenvalue weighted by molar-refractivity contribution is 5.15. The minimum absolute atomic E-state index is 0.208. The van der Waals surface area contributed by atoms with E-state index in [1.54, 1.807) is 0 Å². The summed E-state index contributed by atoms with van der Waals surface area (Å²) >= 11 is 0. The van der Waals surface area contributed by atoms with Crippen molar-refractivity contribution in [2.45, 2.75) is 6.92 Å². The van der Waals surface area contributed by atoms with E-state index in [4.69, 9.17) is 5.11 Å². The summed E-state index contributed by atoms with van der Waals surface area (Å²) in [6, 6.07) is 0. The maximum absolute atomic E-state index is 8.59. The van der Waals surface area contributed by atoms with Crippen LogP contribution in [0.15, 0.2) is 24.3 Å². The molecule has 0 amide bonds. The van der Waals surface area contributed by atoms with Gasteiger partial charge in [0.15, 0.2) is 0 Å². The van der Waals surface area contributed by atoms with Crippen molar-refractivity contribution < 1.29 is 5.11 Å². The molecule has 0 atom stereocenters. The third kappa shape index (κ3) is 5.83. The van der Waals surface area contributed by atoms with Gasteiger partial charge in [0.2, 0.25) is 0 Å². The number of rotatable bonds is 5. The minimum atomic E-state index is 0.208. The Kier molecular flexibility index (Phi) is 5.80. The van der Waals surface area contributed by atoms with E-state index >= 15 is 0 Å². The van der Waals surface area contributed by atoms with Crippen LogP contribution in [-0.4, -0.2) is 36.8 Å². The molecule has 1 N–H and O–H groups in total. The van der Waals surface area contributed by atoms with E-state index in [9.17, 15) is 0 Å². The van der Waals surface area contributed by atoms with Gasteiger partial charge in [-0.2, -0.15) is 0 Å². The van der Waals surface area contributed by atoms with Gasteiger partial charge < -0.3 is 5.11 Å². The van der Waals surface area contributed by atoms with Crippen molar-refractivity contribution in [3.8, 4) is 0 Å². The van der Waals surface area contributed by atoms with Crippen LogP contribution < -0.4 is 0 Å². The highest BCUT2D eigenvalue weighted by Gasteiger charge is 1.96. The highest BCUT2D eigenvalue weighted by atomic mass is 16.3. The Balaban J connectivity index is 3.57. The molecule has 0 aliphatic heterocycles. The van der Waals surface area contributed by atoms with Gasteiger partial charge in [0.1, 0.15) is 0 Å². The van der Waals surface area contributed by atoms with Crippen LogP contribution in [0.1, 0.15) is 6.92 Å². The Morgan fingerprint density at radius 3 is 2.73 bits per heavy atom. The second kappa shape index (κ2) is 6.13. The van der Waals surface area contributed by atoms with E-state index in [1.807, 2.05) is 31.0 Å². The molecule has 0 fully saturated rings. The lowest BCUT2D eigenvalue weighted by Crippen LogP contribution is -2.23. The van der Waals surface area contributed by atoms with Crippen molar-refractivity contribution in [3.05, 3.63) is 24.3 Å². The lowest BCUT2D eigenvalue weighted by Gasteiger charge is -2.14. The van der Waals surface area contributed by atoms with Crippen LogP contribution >= 0.6 is 0 Å². The first-order valence-corrected chi connectivity index (χ1v) is 3.80. The summed E-state index contributed by atoms with van der Waals surface area (Å²) in [7, 11) is 1.96. The van der Waals surface area contributed by atoms with E-state index in [0.29, 0.717) is 6.54 Å². The summed E-state index contributed by atoms with van der Waals surface area (Å²) in [5.41, 5.74) is 1.07. The van der Waals surface area contributed by atoms with Gasteiger partial charge in [0, 0.05) is 13.1 Å². The minimum Gasteiger partial charge on any atom is -0.395 e. The van der Waals surface area contributed by atoms with Crippen molar-refractivity contribution in [2.75, 3.05) is 26.7 Å². The molecule has 2 nitrogen and oxygen atoms in total. The van der Waals surface area contributed by atoms with Crippen molar-refractivity contribution in [3.63, 3.8) is 0 Å². The van der Waals surface area contributed by atoms with Crippen LogP contribution in [-0.2, 0) is 0 Å². The van der Waals surface area contributed by atoms with E-state index in [-0.39, 0.29) is 6.61 Å².